The smallest absolute Gasteiger partial charge is 0.322 e. The van der Waals surface area contributed by atoms with Crippen LogP contribution in [0.4, 0.5) is 6.01 Å². The standard InChI is InChI=1S/C19H18Cl2N4O4S2/c20-15-11-14(16(21)30-15)18-23-24-19(29-18)22-17(26)12-5-7-13(8-6-12)31(27,28)25-9-3-1-2-4-10-25/h5-8,11H,1-4,9-10H2,(H,22,24,26). The molecule has 1 amide bonds. The number of carbonyl (C=O) groups is 1. The van der Waals surface area contributed by atoms with Gasteiger partial charge in [-0.1, -0.05) is 41.1 Å². The van der Waals surface area contributed by atoms with Crippen LogP contribution in [0.2, 0.25) is 8.67 Å². The summed E-state index contributed by atoms with van der Waals surface area (Å²) in [5.41, 5.74) is 0.735. The molecule has 0 unspecified atom stereocenters. The number of nitrogens with zero attached hydrogens (tertiary/aromatic N) is 3. The van der Waals surface area contributed by atoms with Crippen molar-refractivity contribution in [3.8, 4) is 11.5 Å². The van der Waals surface area contributed by atoms with Crippen molar-refractivity contribution in [3.05, 3.63) is 44.6 Å². The van der Waals surface area contributed by atoms with Crippen LogP contribution in [0.3, 0.4) is 0 Å². The lowest BCUT2D eigenvalue weighted by Gasteiger charge is -2.19. The predicted octanol–water partition coefficient (Wildman–Crippen LogP) is 4.92. The van der Waals surface area contributed by atoms with Gasteiger partial charge in [-0.25, -0.2) is 8.42 Å². The number of halogens is 2. The van der Waals surface area contributed by atoms with Gasteiger partial charge in [-0.15, -0.1) is 16.4 Å². The lowest BCUT2D eigenvalue weighted by atomic mass is 10.2. The minimum atomic E-state index is -3.58. The summed E-state index contributed by atoms with van der Waals surface area (Å²) >= 11 is 13.2. The van der Waals surface area contributed by atoms with E-state index in [0.717, 1.165) is 37.0 Å². The third kappa shape index (κ3) is 4.93. The van der Waals surface area contributed by atoms with Gasteiger partial charge in [-0.05, 0) is 43.2 Å². The fourth-order valence-electron chi connectivity index (χ4n) is 3.25. The molecule has 1 aromatic carbocycles. The lowest BCUT2D eigenvalue weighted by molar-refractivity contribution is 0.102. The molecule has 4 rings (SSSR count). The number of nitrogens with one attached hydrogen (secondary N) is 1. The van der Waals surface area contributed by atoms with Gasteiger partial charge in [-0.3, -0.25) is 10.1 Å². The van der Waals surface area contributed by atoms with Crippen LogP contribution in [0.25, 0.3) is 11.5 Å². The molecular weight excluding hydrogens is 483 g/mol. The number of amides is 1. The number of hydrogen-bond acceptors (Lipinski definition) is 7. The van der Waals surface area contributed by atoms with Crippen molar-refractivity contribution in [2.24, 2.45) is 0 Å². The van der Waals surface area contributed by atoms with Crippen LogP contribution in [0.1, 0.15) is 36.0 Å². The Balaban J connectivity index is 1.46. The van der Waals surface area contributed by atoms with Gasteiger partial charge >= 0.3 is 6.01 Å². The number of aromatic nitrogens is 2. The maximum Gasteiger partial charge on any atom is 0.322 e. The van der Waals surface area contributed by atoms with Gasteiger partial charge in [0, 0.05) is 18.7 Å². The summed E-state index contributed by atoms with van der Waals surface area (Å²) in [5.74, 6) is -0.384. The second-order valence-corrected chi connectivity index (χ2v) is 11.2. The molecule has 0 bridgehead atoms. The van der Waals surface area contributed by atoms with Crippen LogP contribution in [0, 0.1) is 0 Å². The maximum absolute atomic E-state index is 12.9. The second-order valence-electron chi connectivity index (χ2n) is 6.95. The molecule has 31 heavy (non-hydrogen) atoms. The Kier molecular flexibility index (Phi) is 6.63. The maximum atomic E-state index is 12.9. The van der Waals surface area contributed by atoms with Crippen molar-refractivity contribution in [2.45, 2.75) is 30.6 Å². The summed E-state index contributed by atoms with van der Waals surface area (Å²) in [6, 6.07) is 7.25. The number of thiophene rings is 1. The predicted molar refractivity (Wildman–Crippen MR) is 119 cm³/mol. The number of anilines is 1. The first kappa shape index (κ1) is 22.2. The zero-order valence-corrected chi connectivity index (χ0v) is 19.3. The molecule has 12 heteroatoms. The van der Waals surface area contributed by atoms with E-state index in [-0.39, 0.29) is 22.4 Å². The first-order valence-corrected chi connectivity index (χ1v) is 12.6. The van der Waals surface area contributed by atoms with Gasteiger partial charge in [0.15, 0.2) is 0 Å². The van der Waals surface area contributed by atoms with E-state index in [0.29, 0.717) is 27.3 Å². The molecule has 0 atom stereocenters. The van der Waals surface area contributed by atoms with Crippen LogP contribution in [0.5, 0.6) is 0 Å². The van der Waals surface area contributed by atoms with E-state index in [1.54, 1.807) is 6.07 Å². The molecule has 2 aromatic heterocycles. The third-order valence-electron chi connectivity index (χ3n) is 4.85. The van der Waals surface area contributed by atoms with Crippen LogP contribution in [-0.4, -0.2) is 41.9 Å². The normalized spacial score (nSPS) is 15.5. The number of benzene rings is 1. The summed E-state index contributed by atoms with van der Waals surface area (Å²) < 4.78 is 33.5. The van der Waals surface area contributed by atoms with Gasteiger partial charge in [0.2, 0.25) is 10.0 Å². The van der Waals surface area contributed by atoms with E-state index in [9.17, 15) is 13.2 Å². The van der Waals surface area contributed by atoms with E-state index < -0.39 is 15.9 Å². The van der Waals surface area contributed by atoms with E-state index in [1.807, 2.05) is 0 Å². The zero-order chi connectivity index (χ0) is 22.0. The van der Waals surface area contributed by atoms with Crippen LogP contribution < -0.4 is 5.32 Å². The molecule has 164 valence electrons. The van der Waals surface area contributed by atoms with E-state index in [1.165, 1.54) is 28.6 Å². The molecule has 0 saturated carbocycles. The molecule has 1 N–H and O–H groups in total. The van der Waals surface area contributed by atoms with Crippen molar-refractivity contribution >= 4 is 56.5 Å². The number of carbonyl (C=O) groups excluding carboxylic acids is 1. The minimum Gasteiger partial charge on any atom is -0.403 e. The zero-order valence-electron chi connectivity index (χ0n) is 16.2. The Bertz CT molecular complexity index is 1180. The highest BCUT2D eigenvalue weighted by atomic mass is 35.5. The second kappa shape index (κ2) is 9.25. The fraction of sp³-hybridized carbons (Fsp3) is 0.316. The van der Waals surface area contributed by atoms with Crippen LogP contribution in [0.15, 0.2) is 39.6 Å². The number of rotatable bonds is 5. The van der Waals surface area contributed by atoms with Gasteiger partial charge in [0.1, 0.15) is 4.34 Å². The summed E-state index contributed by atoms with van der Waals surface area (Å²) in [5, 5.41) is 10.1. The van der Waals surface area contributed by atoms with Crippen LogP contribution in [-0.2, 0) is 10.0 Å². The number of sulfonamides is 1. The molecule has 1 saturated heterocycles. The molecule has 1 fully saturated rings. The van der Waals surface area contributed by atoms with E-state index in [4.69, 9.17) is 27.6 Å². The highest BCUT2D eigenvalue weighted by Crippen LogP contribution is 2.37. The SMILES string of the molecule is O=C(Nc1nnc(-c2cc(Cl)sc2Cl)o1)c1ccc(S(=O)(=O)N2CCCCCC2)cc1. The Morgan fingerprint density at radius 3 is 2.35 bits per heavy atom. The van der Waals surface area contributed by atoms with Crippen LogP contribution >= 0.6 is 34.5 Å². The van der Waals surface area contributed by atoms with Crippen molar-refractivity contribution < 1.29 is 17.6 Å². The monoisotopic (exact) mass is 500 g/mol. The highest BCUT2D eigenvalue weighted by Gasteiger charge is 2.25. The first-order chi connectivity index (χ1) is 14.8. The average Bonchev–Trinajstić information content (AvgIpc) is 3.21. The van der Waals surface area contributed by atoms with E-state index in [2.05, 4.69) is 15.5 Å². The van der Waals surface area contributed by atoms with Crippen molar-refractivity contribution in [3.63, 3.8) is 0 Å². The Labute approximate surface area is 193 Å². The Morgan fingerprint density at radius 1 is 1.06 bits per heavy atom. The Hall–Kier alpha value is -1.98. The fourth-order valence-corrected chi connectivity index (χ4v) is 6.21. The third-order valence-corrected chi connectivity index (χ3v) is 8.25. The van der Waals surface area contributed by atoms with Crippen molar-refractivity contribution in [1.82, 2.24) is 14.5 Å². The van der Waals surface area contributed by atoms with Gasteiger partial charge in [-0.2, -0.15) is 4.31 Å². The molecule has 0 aliphatic carbocycles. The lowest BCUT2D eigenvalue weighted by Crippen LogP contribution is -2.31. The Morgan fingerprint density at radius 2 is 1.74 bits per heavy atom. The highest BCUT2D eigenvalue weighted by molar-refractivity contribution is 7.89. The molecule has 1 aliphatic heterocycles. The number of hydrogen-bond donors (Lipinski definition) is 1. The largest absolute Gasteiger partial charge is 0.403 e. The molecule has 1 aliphatic rings. The van der Waals surface area contributed by atoms with Gasteiger partial charge < -0.3 is 4.42 Å². The molecule has 3 heterocycles. The molecular formula is C19H18Cl2N4O4S2. The summed E-state index contributed by atoms with van der Waals surface area (Å²) in [7, 11) is -3.58. The summed E-state index contributed by atoms with van der Waals surface area (Å²) in [4.78, 5) is 12.7. The van der Waals surface area contributed by atoms with Gasteiger partial charge in [0.05, 0.1) is 14.8 Å². The molecule has 0 radical (unpaired) electrons. The van der Waals surface area contributed by atoms with E-state index >= 15 is 0 Å². The molecule has 3 aromatic rings. The minimum absolute atomic E-state index is 0.111. The summed E-state index contributed by atoms with van der Waals surface area (Å²) in [6.45, 7) is 1.03. The van der Waals surface area contributed by atoms with Crippen molar-refractivity contribution in [2.75, 3.05) is 18.4 Å². The quantitative estimate of drug-likeness (QED) is 0.532. The topological polar surface area (TPSA) is 105 Å². The molecule has 0 spiro atoms. The molecule has 8 nitrogen and oxygen atoms in total. The van der Waals surface area contributed by atoms with Gasteiger partial charge in [0.25, 0.3) is 11.8 Å². The first-order valence-electron chi connectivity index (χ1n) is 9.55. The average molecular weight is 501 g/mol. The summed E-state index contributed by atoms with van der Waals surface area (Å²) in [6.07, 6.45) is 3.78. The van der Waals surface area contributed by atoms with Crippen molar-refractivity contribution in [1.29, 1.82) is 0 Å².